The number of hydrogen-bond acceptors (Lipinski definition) is 3. The molecule has 2 N–H and O–H groups in total. The molecule has 1 aromatic carbocycles. The Morgan fingerprint density at radius 1 is 1.40 bits per heavy atom. The number of nitrogens with zero attached hydrogens (tertiary/aromatic N) is 2. The molecule has 102 valence electrons. The third kappa shape index (κ3) is 1.87. The summed E-state index contributed by atoms with van der Waals surface area (Å²) in [5.41, 5.74) is 8.72. The van der Waals surface area contributed by atoms with Crippen LogP contribution in [0.2, 0.25) is 0 Å². The summed E-state index contributed by atoms with van der Waals surface area (Å²) in [6, 6.07) is 3.52. The van der Waals surface area contributed by atoms with Gasteiger partial charge in [0.15, 0.2) is 0 Å². The number of amides is 1. The highest BCUT2D eigenvalue weighted by atomic mass is 16.3. The van der Waals surface area contributed by atoms with Crippen LogP contribution in [0.25, 0.3) is 11.0 Å². The maximum atomic E-state index is 11.7. The van der Waals surface area contributed by atoms with E-state index in [0.29, 0.717) is 12.1 Å². The first kappa shape index (κ1) is 12.5. The number of benzene rings is 1. The molecular weight excluding hydrogens is 254 g/mol. The molecule has 0 aliphatic rings. The molecule has 3 rings (SSSR count). The summed E-state index contributed by atoms with van der Waals surface area (Å²) < 4.78 is 7.62. The van der Waals surface area contributed by atoms with E-state index in [1.54, 1.807) is 24.7 Å². The van der Waals surface area contributed by atoms with Crippen molar-refractivity contribution in [2.75, 3.05) is 0 Å². The van der Waals surface area contributed by atoms with Crippen molar-refractivity contribution in [3.8, 4) is 0 Å². The van der Waals surface area contributed by atoms with Crippen molar-refractivity contribution in [3.05, 3.63) is 53.3 Å². The van der Waals surface area contributed by atoms with E-state index in [1.807, 2.05) is 24.6 Å². The van der Waals surface area contributed by atoms with Crippen molar-refractivity contribution in [2.24, 2.45) is 5.73 Å². The quantitative estimate of drug-likeness (QED) is 0.793. The Morgan fingerprint density at radius 2 is 2.20 bits per heavy atom. The van der Waals surface area contributed by atoms with E-state index in [9.17, 15) is 4.79 Å². The highest BCUT2D eigenvalue weighted by molar-refractivity contribution is 6.00. The van der Waals surface area contributed by atoms with E-state index < -0.39 is 5.91 Å². The van der Waals surface area contributed by atoms with Gasteiger partial charge in [0.05, 0.1) is 12.9 Å². The molecule has 5 nitrogen and oxygen atoms in total. The number of rotatable bonds is 3. The van der Waals surface area contributed by atoms with Crippen LogP contribution < -0.4 is 5.73 Å². The van der Waals surface area contributed by atoms with E-state index in [1.165, 1.54) is 0 Å². The molecule has 0 radical (unpaired) electrons. The first-order valence-electron chi connectivity index (χ1n) is 6.35. The van der Waals surface area contributed by atoms with Crippen LogP contribution in [-0.4, -0.2) is 15.5 Å². The van der Waals surface area contributed by atoms with Crippen LogP contribution in [0.15, 0.2) is 35.3 Å². The van der Waals surface area contributed by atoms with Gasteiger partial charge in [-0.05, 0) is 37.1 Å². The summed E-state index contributed by atoms with van der Waals surface area (Å²) in [7, 11) is 0. The molecule has 0 aliphatic heterocycles. The van der Waals surface area contributed by atoms with Gasteiger partial charge in [0.2, 0.25) is 5.91 Å². The third-order valence-corrected chi connectivity index (χ3v) is 3.61. The molecule has 0 saturated carbocycles. The van der Waals surface area contributed by atoms with E-state index in [0.717, 1.165) is 27.9 Å². The Balaban J connectivity index is 2.28. The summed E-state index contributed by atoms with van der Waals surface area (Å²) in [6.45, 7) is 4.44. The molecule has 2 aromatic heterocycles. The summed E-state index contributed by atoms with van der Waals surface area (Å²) in [4.78, 5) is 15.7. The lowest BCUT2D eigenvalue weighted by Crippen LogP contribution is -2.15. The minimum atomic E-state index is -0.430. The number of furan rings is 1. The fourth-order valence-electron chi connectivity index (χ4n) is 2.50. The predicted molar refractivity (Wildman–Crippen MR) is 75.5 cm³/mol. The number of carbonyl (C=O) groups excluding carboxylic acids is 1. The molecule has 0 unspecified atom stereocenters. The van der Waals surface area contributed by atoms with Gasteiger partial charge in [-0.2, -0.15) is 0 Å². The maximum Gasteiger partial charge on any atom is 0.249 e. The molecule has 20 heavy (non-hydrogen) atoms. The van der Waals surface area contributed by atoms with Crippen molar-refractivity contribution in [2.45, 2.75) is 20.4 Å². The average Bonchev–Trinajstić information content (AvgIpc) is 2.99. The minimum Gasteiger partial charge on any atom is -0.461 e. The Labute approximate surface area is 116 Å². The first-order valence-corrected chi connectivity index (χ1v) is 6.35. The minimum absolute atomic E-state index is 0.430. The molecule has 5 heteroatoms. The van der Waals surface area contributed by atoms with Crippen LogP contribution in [0.1, 0.15) is 27.2 Å². The second kappa shape index (κ2) is 4.52. The summed E-state index contributed by atoms with van der Waals surface area (Å²) in [5.74, 6) is 0.425. The fraction of sp³-hybridized carbons (Fsp3) is 0.200. The number of nitrogens with two attached hydrogens (primary N) is 1. The van der Waals surface area contributed by atoms with E-state index in [-0.39, 0.29) is 0 Å². The predicted octanol–water partition coefficient (Wildman–Crippen LogP) is 2.39. The molecule has 0 atom stereocenters. The number of fused-ring (bicyclic) bond motifs is 1. The number of carbonyl (C=O) groups is 1. The monoisotopic (exact) mass is 269 g/mol. The molecular formula is C15H15N3O2. The van der Waals surface area contributed by atoms with Crippen LogP contribution in [-0.2, 0) is 6.54 Å². The van der Waals surface area contributed by atoms with Gasteiger partial charge in [0.25, 0.3) is 0 Å². The molecule has 0 bridgehead atoms. The van der Waals surface area contributed by atoms with Crippen LogP contribution in [0.5, 0.6) is 0 Å². The molecule has 0 aliphatic carbocycles. The van der Waals surface area contributed by atoms with Gasteiger partial charge < -0.3 is 14.7 Å². The lowest BCUT2D eigenvalue weighted by molar-refractivity contribution is 0.0999. The molecule has 2 heterocycles. The van der Waals surface area contributed by atoms with Crippen molar-refractivity contribution in [3.63, 3.8) is 0 Å². The Morgan fingerprint density at radius 3 is 2.85 bits per heavy atom. The number of imidazole rings is 1. The Hall–Kier alpha value is -2.56. The zero-order valence-corrected chi connectivity index (χ0v) is 11.4. The zero-order valence-electron chi connectivity index (χ0n) is 11.4. The van der Waals surface area contributed by atoms with Gasteiger partial charge >= 0.3 is 0 Å². The molecule has 0 saturated heterocycles. The van der Waals surface area contributed by atoms with Crippen LogP contribution in [0.4, 0.5) is 0 Å². The number of hydrogen-bond donors (Lipinski definition) is 1. The van der Waals surface area contributed by atoms with E-state index in [4.69, 9.17) is 10.2 Å². The van der Waals surface area contributed by atoms with Gasteiger partial charge in [-0.1, -0.05) is 0 Å². The third-order valence-electron chi connectivity index (χ3n) is 3.61. The second-order valence-electron chi connectivity index (χ2n) is 4.85. The zero-order chi connectivity index (χ0) is 14.3. The summed E-state index contributed by atoms with van der Waals surface area (Å²) in [5, 5.41) is 0.965. The first-order chi connectivity index (χ1) is 9.58. The van der Waals surface area contributed by atoms with Crippen LogP contribution in [0.3, 0.4) is 0 Å². The summed E-state index contributed by atoms with van der Waals surface area (Å²) in [6.07, 6.45) is 5.27. The lowest BCUT2D eigenvalue weighted by Gasteiger charge is -2.09. The smallest absolute Gasteiger partial charge is 0.249 e. The standard InChI is InChI=1S/C15H15N3O2/c1-9-10(2)20-13-4-3-11(15(16)19)12(14(9)13)7-18-6-5-17-8-18/h3-6,8H,7H2,1-2H3,(H2,16,19). The van der Waals surface area contributed by atoms with Gasteiger partial charge in [-0.15, -0.1) is 0 Å². The normalized spacial score (nSPS) is 11.1. The second-order valence-corrected chi connectivity index (χ2v) is 4.85. The largest absolute Gasteiger partial charge is 0.461 e. The van der Waals surface area contributed by atoms with Crippen molar-refractivity contribution in [1.29, 1.82) is 0 Å². The van der Waals surface area contributed by atoms with Crippen molar-refractivity contribution in [1.82, 2.24) is 9.55 Å². The van der Waals surface area contributed by atoms with Crippen molar-refractivity contribution >= 4 is 16.9 Å². The van der Waals surface area contributed by atoms with Crippen LogP contribution in [0, 0.1) is 13.8 Å². The number of primary amides is 1. The maximum absolute atomic E-state index is 11.7. The van der Waals surface area contributed by atoms with Crippen molar-refractivity contribution < 1.29 is 9.21 Å². The Kier molecular flexibility index (Phi) is 2.82. The van der Waals surface area contributed by atoms with E-state index >= 15 is 0 Å². The Bertz CT molecular complexity index is 785. The SMILES string of the molecule is Cc1oc2ccc(C(N)=O)c(Cn3ccnc3)c2c1C. The van der Waals surface area contributed by atoms with Crippen LogP contribution >= 0.6 is 0 Å². The van der Waals surface area contributed by atoms with Gasteiger partial charge in [-0.25, -0.2) is 4.98 Å². The molecule has 1 amide bonds. The summed E-state index contributed by atoms with van der Waals surface area (Å²) >= 11 is 0. The number of aryl methyl sites for hydroxylation is 2. The van der Waals surface area contributed by atoms with Gasteiger partial charge in [0, 0.05) is 23.3 Å². The topological polar surface area (TPSA) is 74.0 Å². The fourth-order valence-corrected chi connectivity index (χ4v) is 2.50. The van der Waals surface area contributed by atoms with Gasteiger partial charge in [-0.3, -0.25) is 4.79 Å². The lowest BCUT2D eigenvalue weighted by atomic mass is 9.99. The molecule has 3 aromatic rings. The van der Waals surface area contributed by atoms with Gasteiger partial charge in [0.1, 0.15) is 11.3 Å². The average molecular weight is 269 g/mol. The number of aromatic nitrogens is 2. The highest BCUT2D eigenvalue weighted by Gasteiger charge is 2.17. The highest BCUT2D eigenvalue weighted by Crippen LogP contribution is 2.30. The molecule has 0 fully saturated rings. The molecule has 0 spiro atoms. The van der Waals surface area contributed by atoms with E-state index in [2.05, 4.69) is 4.98 Å².